The summed E-state index contributed by atoms with van der Waals surface area (Å²) in [5.74, 6) is 1.07. The molecule has 2 heterocycles. The highest BCUT2D eigenvalue weighted by Crippen LogP contribution is 2.36. The molecular formula is C21H22N2O2S. The van der Waals surface area contributed by atoms with Crippen LogP contribution in [0.4, 0.5) is 0 Å². The summed E-state index contributed by atoms with van der Waals surface area (Å²) in [5.41, 5.74) is 2.19. The zero-order chi connectivity index (χ0) is 17.9. The minimum absolute atomic E-state index is 0.135. The second-order valence-electron chi connectivity index (χ2n) is 6.61. The molecular weight excluding hydrogens is 344 g/mol. The van der Waals surface area contributed by atoms with Crippen molar-refractivity contribution >= 4 is 27.5 Å². The van der Waals surface area contributed by atoms with E-state index in [0.29, 0.717) is 6.42 Å². The molecule has 1 amide bonds. The zero-order valence-corrected chi connectivity index (χ0v) is 15.7. The first-order valence-corrected chi connectivity index (χ1v) is 9.84. The molecule has 1 aliphatic heterocycles. The van der Waals surface area contributed by atoms with Crippen molar-refractivity contribution < 1.29 is 9.53 Å². The van der Waals surface area contributed by atoms with Gasteiger partial charge in [0.1, 0.15) is 10.8 Å². The van der Waals surface area contributed by atoms with Crippen LogP contribution in [0.2, 0.25) is 0 Å². The number of methoxy groups -OCH3 is 1. The molecule has 1 fully saturated rings. The van der Waals surface area contributed by atoms with E-state index >= 15 is 0 Å². The van der Waals surface area contributed by atoms with Gasteiger partial charge in [-0.1, -0.05) is 24.3 Å². The van der Waals surface area contributed by atoms with Gasteiger partial charge in [0, 0.05) is 13.0 Å². The third-order valence-corrected chi connectivity index (χ3v) is 6.09. The van der Waals surface area contributed by atoms with Crippen molar-refractivity contribution in [2.24, 2.45) is 0 Å². The van der Waals surface area contributed by atoms with Gasteiger partial charge in [0.15, 0.2) is 0 Å². The van der Waals surface area contributed by atoms with Crippen LogP contribution in [-0.4, -0.2) is 29.4 Å². The maximum atomic E-state index is 12.8. The lowest BCUT2D eigenvalue weighted by molar-refractivity contribution is -0.132. The number of thiazole rings is 1. The molecule has 134 valence electrons. The lowest BCUT2D eigenvalue weighted by Gasteiger charge is -2.23. The lowest BCUT2D eigenvalue weighted by Crippen LogP contribution is -2.30. The Morgan fingerprint density at radius 1 is 1.23 bits per heavy atom. The van der Waals surface area contributed by atoms with E-state index in [2.05, 4.69) is 6.07 Å². The monoisotopic (exact) mass is 366 g/mol. The topological polar surface area (TPSA) is 42.4 Å². The van der Waals surface area contributed by atoms with E-state index in [1.54, 1.807) is 18.4 Å². The molecule has 4 rings (SSSR count). The Hall–Kier alpha value is -2.40. The number of aromatic nitrogens is 1. The molecule has 0 N–H and O–H groups in total. The number of rotatable bonds is 5. The van der Waals surface area contributed by atoms with Crippen molar-refractivity contribution in [3.8, 4) is 5.75 Å². The van der Waals surface area contributed by atoms with Crippen molar-refractivity contribution in [2.45, 2.75) is 31.7 Å². The van der Waals surface area contributed by atoms with Crippen LogP contribution in [0.3, 0.4) is 0 Å². The Bertz CT molecular complexity index is 871. The Kier molecular flexibility index (Phi) is 4.89. The van der Waals surface area contributed by atoms with Crippen molar-refractivity contribution in [3.05, 3.63) is 59.1 Å². The molecule has 1 saturated heterocycles. The molecule has 0 spiro atoms. The van der Waals surface area contributed by atoms with Crippen LogP contribution in [-0.2, 0) is 11.2 Å². The summed E-state index contributed by atoms with van der Waals surface area (Å²) in [5, 5.41) is 1.07. The Balaban J connectivity index is 1.44. The normalized spacial score (nSPS) is 17.0. The van der Waals surface area contributed by atoms with Crippen LogP contribution in [0.25, 0.3) is 10.2 Å². The number of hydrogen-bond donors (Lipinski definition) is 0. The predicted molar refractivity (Wildman–Crippen MR) is 105 cm³/mol. The van der Waals surface area contributed by atoms with Crippen LogP contribution in [0.5, 0.6) is 5.75 Å². The number of fused-ring (bicyclic) bond motifs is 1. The second kappa shape index (κ2) is 7.46. The van der Waals surface area contributed by atoms with E-state index in [0.717, 1.165) is 47.6 Å². The molecule has 4 nitrogen and oxygen atoms in total. The van der Waals surface area contributed by atoms with Gasteiger partial charge in [-0.05, 0) is 49.1 Å². The van der Waals surface area contributed by atoms with Gasteiger partial charge in [-0.3, -0.25) is 4.79 Å². The van der Waals surface area contributed by atoms with Gasteiger partial charge in [-0.25, -0.2) is 4.98 Å². The van der Waals surface area contributed by atoms with Crippen molar-refractivity contribution in [1.29, 1.82) is 0 Å². The fraction of sp³-hybridized carbons (Fsp3) is 0.333. The first-order chi connectivity index (χ1) is 12.7. The van der Waals surface area contributed by atoms with E-state index in [1.165, 1.54) is 4.70 Å². The highest BCUT2D eigenvalue weighted by molar-refractivity contribution is 7.18. The molecule has 2 aromatic carbocycles. The molecule has 1 atom stereocenters. The maximum Gasteiger partial charge on any atom is 0.223 e. The molecule has 0 unspecified atom stereocenters. The van der Waals surface area contributed by atoms with E-state index in [9.17, 15) is 4.79 Å². The van der Waals surface area contributed by atoms with Gasteiger partial charge < -0.3 is 9.64 Å². The van der Waals surface area contributed by atoms with E-state index in [1.807, 2.05) is 47.4 Å². The SMILES string of the molecule is COc1ccc(CCC(=O)N2CCC[C@@H]2c2nc3ccccc3s2)cc1. The number of benzene rings is 2. The van der Waals surface area contributed by atoms with Crippen LogP contribution >= 0.6 is 11.3 Å². The molecule has 0 radical (unpaired) electrons. The highest BCUT2D eigenvalue weighted by atomic mass is 32.1. The third-order valence-electron chi connectivity index (χ3n) is 4.96. The largest absolute Gasteiger partial charge is 0.497 e. The number of hydrogen-bond acceptors (Lipinski definition) is 4. The Labute approximate surface area is 157 Å². The summed E-state index contributed by atoms with van der Waals surface area (Å²) in [6.07, 6.45) is 3.35. The predicted octanol–water partition coefficient (Wildman–Crippen LogP) is 4.60. The van der Waals surface area contributed by atoms with Crippen molar-refractivity contribution in [2.75, 3.05) is 13.7 Å². The quantitative estimate of drug-likeness (QED) is 0.663. The number of carbonyl (C=O) groups excluding carboxylic acids is 1. The highest BCUT2D eigenvalue weighted by Gasteiger charge is 2.31. The molecule has 0 aliphatic carbocycles. The summed E-state index contributed by atoms with van der Waals surface area (Å²) in [6.45, 7) is 0.835. The van der Waals surface area contributed by atoms with Gasteiger partial charge in [-0.2, -0.15) is 0 Å². The Morgan fingerprint density at radius 3 is 2.81 bits per heavy atom. The van der Waals surface area contributed by atoms with Crippen LogP contribution in [0, 0.1) is 0 Å². The van der Waals surface area contributed by atoms with E-state index in [4.69, 9.17) is 9.72 Å². The fourth-order valence-electron chi connectivity index (χ4n) is 3.54. The molecule has 1 aromatic heterocycles. The number of ether oxygens (including phenoxy) is 1. The molecule has 26 heavy (non-hydrogen) atoms. The number of para-hydroxylation sites is 1. The number of likely N-dealkylation sites (tertiary alicyclic amines) is 1. The standard InChI is InChI=1S/C21H22N2O2S/c1-25-16-11-8-15(9-12-16)10-13-20(24)23-14-4-6-18(23)21-22-17-5-2-3-7-19(17)26-21/h2-3,5,7-9,11-12,18H,4,6,10,13-14H2,1H3/t18-/m1/s1. The lowest BCUT2D eigenvalue weighted by atomic mass is 10.1. The fourth-order valence-corrected chi connectivity index (χ4v) is 4.66. The number of aryl methyl sites for hydroxylation is 1. The summed E-state index contributed by atoms with van der Waals surface area (Å²) in [4.78, 5) is 19.6. The van der Waals surface area contributed by atoms with Gasteiger partial charge in [0.25, 0.3) is 0 Å². The first-order valence-electron chi connectivity index (χ1n) is 9.02. The molecule has 0 saturated carbocycles. The van der Waals surface area contributed by atoms with Crippen LogP contribution < -0.4 is 4.74 Å². The number of carbonyl (C=O) groups is 1. The van der Waals surface area contributed by atoms with Gasteiger partial charge >= 0.3 is 0 Å². The zero-order valence-electron chi connectivity index (χ0n) is 14.9. The summed E-state index contributed by atoms with van der Waals surface area (Å²) < 4.78 is 6.38. The summed E-state index contributed by atoms with van der Waals surface area (Å²) in [7, 11) is 1.66. The molecule has 3 aromatic rings. The summed E-state index contributed by atoms with van der Waals surface area (Å²) in [6, 6.07) is 16.3. The first kappa shape index (κ1) is 17.0. The minimum atomic E-state index is 0.135. The molecule has 5 heteroatoms. The second-order valence-corrected chi connectivity index (χ2v) is 7.68. The summed E-state index contributed by atoms with van der Waals surface area (Å²) >= 11 is 1.72. The van der Waals surface area contributed by atoms with Gasteiger partial charge in [0.2, 0.25) is 5.91 Å². The maximum absolute atomic E-state index is 12.8. The van der Waals surface area contributed by atoms with Crippen LogP contribution in [0.1, 0.15) is 35.9 Å². The average molecular weight is 366 g/mol. The number of amides is 1. The smallest absolute Gasteiger partial charge is 0.223 e. The van der Waals surface area contributed by atoms with Crippen molar-refractivity contribution in [3.63, 3.8) is 0 Å². The average Bonchev–Trinajstić information content (AvgIpc) is 3.32. The Morgan fingerprint density at radius 2 is 2.04 bits per heavy atom. The minimum Gasteiger partial charge on any atom is -0.497 e. The van der Waals surface area contributed by atoms with Gasteiger partial charge in [-0.15, -0.1) is 11.3 Å². The van der Waals surface area contributed by atoms with Gasteiger partial charge in [0.05, 0.1) is 23.4 Å². The molecule has 1 aliphatic rings. The van der Waals surface area contributed by atoms with E-state index < -0.39 is 0 Å². The van der Waals surface area contributed by atoms with Crippen LogP contribution in [0.15, 0.2) is 48.5 Å². The number of nitrogens with zero attached hydrogens (tertiary/aromatic N) is 2. The third kappa shape index (κ3) is 3.44. The molecule has 0 bridgehead atoms. The van der Waals surface area contributed by atoms with Crippen molar-refractivity contribution in [1.82, 2.24) is 9.88 Å². The van der Waals surface area contributed by atoms with E-state index in [-0.39, 0.29) is 11.9 Å².